The average Bonchev–Trinajstić information content (AvgIpc) is 2.75. The summed E-state index contributed by atoms with van der Waals surface area (Å²) < 4.78 is 5.09. The van der Waals surface area contributed by atoms with E-state index in [1.807, 2.05) is 0 Å². The second kappa shape index (κ2) is 9.07. The lowest BCUT2D eigenvalue weighted by atomic mass is 10.1. The number of thioether (sulfide) groups is 1. The molecule has 8 nitrogen and oxygen atoms in total. The number of rotatable bonds is 7. The van der Waals surface area contributed by atoms with Crippen molar-refractivity contribution in [3.05, 3.63) is 0 Å². The highest BCUT2D eigenvalue weighted by molar-refractivity contribution is 8.14. The number of likely N-dealkylation sites (tertiary alicyclic amines) is 1. The van der Waals surface area contributed by atoms with Crippen LogP contribution in [-0.2, 0) is 19.1 Å². The number of nitrogens with zero attached hydrogens (tertiary/aromatic N) is 1. The van der Waals surface area contributed by atoms with Crippen molar-refractivity contribution in [1.82, 2.24) is 10.2 Å². The van der Waals surface area contributed by atoms with E-state index in [1.54, 1.807) is 20.8 Å². The number of hydrogen-bond donors (Lipinski definition) is 2. The molecule has 9 heteroatoms. The molecule has 0 spiro atoms. The van der Waals surface area contributed by atoms with Gasteiger partial charge in [0.25, 0.3) is 0 Å². The first-order chi connectivity index (χ1) is 11.5. The fourth-order valence-corrected chi connectivity index (χ4v) is 3.46. The Bertz CT molecular complexity index is 531. The standard InChI is InChI=1S/C16H26N2O6S/c1-10(19)25-11-8-13(20)18(9-11)12(14(21)22)6-5-7-17-15(23)24-16(2,3)4/h11-12H,5-9H2,1-4H3,(H,17,23)(H,21,22)/t11?,12-/m0/s1. The molecule has 1 heterocycles. The van der Waals surface area contributed by atoms with Gasteiger partial charge in [-0.3, -0.25) is 9.59 Å². The van der Waals surface area contributed by atoms with Crippen molar-refractivity contribution >= 4 is 34.8 Å². The van der Waals surface area contributed by atoms with Gasteiger partial charge in [0.1, 0.15) is 11.6 Å². The lowest BCUT2D eigenvalue weighted by molar-refractivity contribution is -0.148. The van der Waals surface area contributed by atoms with Gasteiger partial charge in [-0.25, -0.2) is 9.59 Å². The number of carbonyl (C=O) groups excluding carboxylic acids is 3. The molecule has 1 aliphatic rings. The number of ether oxygens (including phenoxy) is 1. The Morgan fingerprint density at radius 3 is 2.56 bits per heavy atom. The smallest absolute Gasteiger partial charge is 0.407 e. The first kappa shape index (κ1) is 21.3. The summed E-state index contributed by atoms with van der Waals surface area (Å²) in [5.74, 6) is -1.34. The zero-order valence-electron chi connectivity index (χ0n) is 15.0. The molecule has 1 rings (SSSR count). The third-order valence-electron chi connectivity index (χ3n) is 3.44. The lowest BCUT2D eigenvalue weighted by Gasteiger charge is -2.25. The summed E-state index contributed by atoms with van der Waals surface area (Å²) in [6.45, 7) is 7.19. The van der Waals surface area contributed by atoms with Crippen LogP contribution in [0.25, 0.3) is 0 Å². The quantitative estimate of drug-likeness (QED) is 0.651. The fraction of sp³-hybridized carbons (Fsp3) is 0.750. The maximum atomic E-state index is 12.1. The number of nitrogens with one attached hydrogen (secondary N) is 1. The van der Waals surface area contributed by atoms with E-state index in [0.29, 0.717) is 6.42 Å². The monoisotopic (exact) mass is 374 g/mol. The summed E-state index contributed by atoms with van der Waals surface area (Å²) in [7, 11) is 0. The van der Waals surface area contributed by atoms with Crippen LogP contribution < -0.4 is 5.32 Å². The van der Waals surface area contributed by atoms with Crippen LogP contribution in [0.3, 0.4) is 0 Å². The van der Waals surface area contributed by atoms with Gasteiger partial charge in [-0.1, -0.05) is 11.8 Å². The Labute approximate surface area is 151 Å². The minimum atomic E-state index is -1.08. The normalized spacial score (nSPS) is 18.8. The summed E-state index contributed by atoms with van der Waals surface area (Å²) in [6.07, 6.45) is 0.220. The molecule has 0 aromatic carbocycles. The number of carboxylic acid groups (broad SMARTS) is 1. The summed E-state index contributed by atoms with van der Waals surface area (Å²) in [6, 6.07) is -0.953. The van der Waals surface area contributed by atoms with E-state index in [0.717, 1.165) is 11.8 Å². The fourth-order valence-electron chi connectivity index (χ4n) is 2.53. The molecule has 2 atom stereocenters. The van der Waals surface area contributed by atoms with Crippen molar-refractivity contribution in [3.8, 4) is 0 Å². The topological polar surface area (TPSA) is 113 Å². The minimum Gasteiger partial charge on any atom is -0.480 e. The Morgan fingerprint density at radius 2 is 2.04 bits per heavy atom. The maximum Gasteiger partial charge on any atom is 0.407 e. The molecular weight excluding hydrogens is 348 g/mol. The predicted molar refractivity (Wildman–Crippen MR) is 93.3 cm³/mol. The third kappa shape index (κ3) is 7.76. The highest BCUT2D eigenvalue weighted by atomic mass is 32.2. The summed E-state index contributed by atoms with van der Waals surface area (Å²) in [5, 5.41) is 11.7. The van der Waals surface area contributed by atoms with Crippen molar-refractivity contribution in [1.29, 1.82) is 0 Å². The van der Waals surface area contributed by atoms with Crippen LogP contribution in [-0.4, -0.2) is 63.1 Å². The SMILES string of the molecule is CC(=O)SC1CC(=O)N([C@@H](CCCNC(=O)OC(C)(C)C)C(=O)O)C1. The zero-order chi connectivity index (χ0) is 19.2. The molecule has 0 bridgehead atoms. The average molecular weight is 374 g/mol. The number of carbonyl (C=O) groups is 4. The number of hydrogen-bond acceptors (Lipinski definition) is 6. The molecule has 0 aliphatic carbocycles. The molecule has 1 unspecified atom stereocenters. The Kier molecular flexibility index (Phi) is 7.72. The van der Waals surface area contributed by atoms with Gasteiger partial charge >= 0.3 is 12.1 Å². The van der Waals surface area contributed by atoms with Crippen LogP contribution in [0.2, 0.25) is 0 Å². The van der Waals surface area contributed by atoms with Crippen LogP contribution in [0.15, 0.2) is 0 Å². The van der Waals surface area contributed by atoms with E-state index in [1.165, 1.54) is 11.8 Å². The first-order valence-corrected chi connectivity index (χ1v) is 9.04. The van der Waals surface area contributed by atoms with E-state index in [4.69, 9.17) is 4.74 Å². The van der Waals surface area contributed by atoms with Gasteiger partial charge in [0.05, 0.1) is 0 Å². The lowest BCUT2D eigenvalue weighted by Crippen LogP contribution is -2.43. The number of alkyl carbamates (subject to hydrolysis) is 1. The second-order valence-corrected chi connectivity index (χ2v) is 8.38. The first-order valence-electron chi connectivity index (χ1n) is 8.16. The highest BCUT2D eigenvalue weighted by Crippen LogP contribution is 2.27. The molecular formula is C16H26N2O6S. The van der Waals surface area contributed by atoms with Gasteiger partial charge in [0.2, 0.25) is 5.91 Å². The van der Waals surface area contributed by atoms with E-state index in [-0.39, 0.29) is 42.2 Å². The second-order valence-electron chi connectivity index (χ2n) is 6.91. The highest BCUT2D eigenvalue weighted by Gasteiger charge is 2.38. The molecule has 2 N–H and O–H groups in total. The van der Waals surface area contributed by atoms with Crippen LogP contribution in [0, 0.1) is 0 Å². The number of aliphatic carboxylic acids is 1. The van der Waals surface area contributed by atoms with Crippen molar-refractivity contribution in [2.75, 3.05) is 13.1 Å². The van der Waals surface area contributed by atoms with Crippen LogP contribution in [0.5, 0.6) is 0 Å². The summed E-state index contributed by atoms with van der Waals surface area (Å²) in [4.78, 5) is 47.6. The summed E-state index contributed by atoms with van der Waals surface area (Å²) >= 11 is 1.07. The molecule has 142 valence electrons. The van der Waals surface area contributed by atoms with Crippen molar-refractivity contribution in [3.63, 3.8) is 0 Å². The van der Waals surface area contributed by atoms with E-state index in [2.05, 4.69) is 5.32 Å². The Hall–Kier alpha value is -1.77. The zero-order valence-corrected chi connectivity index (χ0v) is 15.9. The van der Waals surface area contributed by atoms with Gasteiger partial charge in [-0.15, -0.1) is 0 Å². The summed E-state index contributed by atoms with van der Waals surface area (Å²) in [5.41, 5.74) is -0.598. The van der Waals surface area contributed by atoms with Crippen molar-refractivity contribution < 1.29 is 29.0 Å². The molecule has 1 fully saturated rings. The Balaban J connectivity index is 2.47. The van der Waals surface area contributed by atoms with Gasteiger partial charge in [-0.05, 0) is 33.6 Å². The molecule has 25 heavy (non-hydrogen) atoms. The molecule has 0 radical (unpaired) electrons. The number of carboxylic acids is 1. The third-order valence-corrected chi connectivity index (χ3v) is 4.42. The Morgan fingerprint density at radius 1 is 1.40 bits per heavy atom. The largest absolute Gasteiger partial charge is 0.480 e. The van der Waals surface area contributed by atoms with Gasteiger partial charge in [0, 0.05) is 31.7 Å². The minimum absolute atomic E-state index is 0.0897. The van der Waals surface area contributed by atoms with E-state index >= 15 is 0 Å². The van der Waals surface area contributed by atoms with Crippen molar-refractivity contribution in [2.24, 2.45) is 0 Å². The predicted octanol–water partition coefficient (Wildman–Crippen LogP) is 1.63. The van der Waals surface area contributed by atoms with E-state index < -0.39 is 23.7 Å². The van der Waals surface area contributed by atoms with Crippen molar-refractivity contribution in [2.45, 2.75) is 63.9 Å². The van der Waals surface area contributed by atoms with Gasteiger partial charge in [0.15, 0.2) is 5.12 Å². The van der Waals surface area contributed by atoms with Crippen LogP contribution in [0.1, 0.15) is 47.0 Å². The maximum absolute atomic E-state index is 12.1. The molecule has 0 saturated carbocycles. The van der Waals surface area contributed by atoms with Crippen LogP contribution >= 0.6 is 11.8 Å². The molecule has 1 saturated heterocycles. The molecule has 0 aromatic rings. The van der Waals surface area contributed by atoms with E-state index in [9.17, 15) is 24.3 Å². The molecule has 0 aromatic heterocycles. The van der Waals surface area contributed by atoms with Gasteiger partial charge < -0.3 is 20.1 Å². The number of amides is 2. The van der Waals surface area contributed by atoms with Gasteiger partial charge in [-0.2, -0.15) is 0 Å². The molecule has 2 amide bonds. The molecule has 1 aliphatic heterocycles. The van der Waals surface area contributed by atoms with Crippen LogP contribution in [0.4, 0.5) is 4.79 Å².